The van der Waals surface area contributed by atoms with Crippen LogP contribution in [0.4, 0.5) is 4.39 Å². The summed E-state index contributed by atoms with van der Waals surface area (Å²) in [6.07, 6.45) is 4.26. The number of benzene rings is 1. The van der Waals surface area contributed by atoms with Crippen LogP contribution in [0.15, 0.2) is 24.3 Å². The zero-order valence-corrected chi connectivity index (χ0v) is 9.50. The molecule has 0 radical (unpaired) electrons. The highest BCUT2D eigenvalue weighted by molar-refractivity contribution is 5.23. The third kappa shape index (κ3) is 3.90. The van der Waals surface area contributed by atoms with Gasteiger partial charge in [-0.15, -0.1) is 0 Å². The standard InChI is InChI=1S/C13H19FO/c1-3-7-11(8-4-2)15-13-10-6-5-9-12(13)14/h5-6,9-11H,3-4,7-8H2,1-2H3. The van der Waals surface area contributed by atoms with Gasteiger partial charge in [-0.2, -0.15) is 0 Å². The topological polar surface area (TPSA) is 9.23 Å². The molecule has 0 spiro atoms. The minimum Gasteiger partial charge on any atom is -0.487 e. The van der Waals surface area contributed by atoms with E-state index in [2.05, 4.69) is 13.8 Å². The van der Waals surface area contributed by atoms with Crippen molar-refractivity contribution in [2.45, 2.75) is 45.6 Å². The van der Waals surface area contributed by atoms with Crippen LogP contribution in [0.1, 0.15) is 39.5 Å². The van der Waals surface area contributed by atoms with Crippen LogP contribution in [0.5, 0.6) is 5.75 Å². The van der Waals surface area contributed by atoms with Gasteiger partial charge in [0.15, 0.2) is 11.6 Å². The molecule has 0 bridgehead atoms. The molecule has 0 amide bonds. The first-order valence-corrected chi connectivity index (χ1v) is 5.69. The first-order chi connectivity index (χ1) is 7.27. The molecule has 1 aromatic carbocycles. The van der Waals surface area contributed by atoms with Gasteiger partial charge in [0.2, 0.25) is 0 Å². The van der Waals surface area contributed by atoms with Crippen molar-refractivity contribution in [2.24, 2.45) is 0 Å². The number of ether oxygens (including phenoxy) is 1. The fourth-order valence-corrected chi connectivity index (χ4v) is 1.63. The lowest BCUT2D eigenvalue weighted by Gasteiger charge is -2.18. The molecule has 1 rings (SSSR count). The second-order valence-electron chi connectivity index (χ2n) is 3.75. The van der Waals surface area contributed by atoms with Gasteiger partial charge in [-0.3, -0.25) is 0 Å². The SMILES string of the molecule is CCCC(CCC)Oc1ccccc1F. The largest absolute Gasteiger partial charge is 0.487 e. The molecule has 0 saturated carbocycles. The Morgan fingerprint density at radius 3 is 2.27 bits per heavy atom. The molecule has 1 nitrogen and oxygen atoms in total. The van der Waals surface area contributed by atoms with E-state index >= 15 is 0 Å². The molecule has 0 aliphatic rings. The molecule has 0 unspecified atom stereocenters. The molecule has 0 N–H and O–H groups in total. The second-order valence-corrected chi connectivity index (χ2v) is 3.75. The minimum atomic E-state index is -0.269. The fraction of sp³-hybridized carbons (Fsp3) is 0.538. The Balaban J connectivity index is 2.60. The third-order valence-corrected chi connectivity index (χ3v) is 2.35. The highest BCUT2D eigenvalue weighted by Gasteiger charge is 2.10. The van der Waals surface area contributed by atoms with Crippen molar-refractivity contribution in [3.05, 3.63) is 30.1 Å². The molecule has 0 heterocycles. The summed E-state index contributed by atoms with van der Waals surface area (Å²) in [6.45, 7) is 4.24. The Kier molecular flexibility index (Phi) is 5.16. The minimum absolute atomic E-state index is 0.150. The zero-order chi connectivity index (χ0) is 11.1. The van der Waals surface area contributed by atoms with Crippen molar-refractivity contribution < 1.29 is 9.13 Å². The monoisotopic (exact) mass is 210 g/mol. The lowest BCUT2D eigenvalue weighted by Crippen LogP contribution is -2.16. The maximum Gasteiger partial charge on any atom is 0.165 e. The summed E-state index contributed by atoms with van der Waals surface area (Å²) in [5, 5.41) is 0. The van der Waals surface area contributed by atoms with Crippen molar-refractivity contribution >= 4 is 0 Å². The Labute approximate surface area is 91.3 Å². The lowest BCUT2D eigenvalue weighted by molar-refractivity contribution is 0.171. The summed E-state index contributed by atoms with van der Waals surface area (Å²) >= 11 is 0. The van der Waals surface area contributed by atoms with E-state index in [0.29, 0.717) is 5.75 Å². The Bertz CT molecular complexity index is 280. The molecule has 15 heavy (non-hydrogen) atoms. The summed E-state index contributed by atoms with van der Waals surface area (Å²) in [5.74, 6) is 0.110. The normalized spacial score (nSPS) is 10.7. The van der Waals surface area contributed by atoms with Crippen molar-refractivity contribution in [3.63, 3.8) is 0 Å². The maximum atomic E-state index is 13.3. The molecule has 0 atom stereocenters. The maximum absolute atomic E-state index is 13.3. The van der Waals surface area contributed by atoms with Gasteiger partial charge in [0.1, 0.15) is 0 Å². The average Bonchev–Trinajstić information content (AvgIpc) is 2.22. The van der Waals surface area contributed by atoms with E-state index in [4.69, 9.17) is 4.74 Å². The van der Waals surface area contributed by atoms with Gasteiger partial charge in [0.25, 0.3) is 0 Å². The number of para-hydroxylation sites is 1. The van der Waals surface area contributed by atoms with E-state index in [1.807, 2.05) is 0 Å². The number of halogens is 1. The van der Waals surface area contributed by atoms with Crippen molar-refractivity contribution in [2.75, 3.05) is 0 Å². The molecule has 2 heteroatoms. The smallest absolute Gasteiger partial charge is 0.165 e. The molecular weight excluding hydrogens is 191 g/mol. The van der Waals surface area contributed by atoms with E-state index < -0.39 is 0 Å². The van der Waals surface area contributed by atoms with Crippen LogP contribution in [0.25, 0.3) is 0 Å². The third-order valence-electron chi connectivity index (χ3n) is 2.35. The van der Waals surface area contributed by atoms with Crippen LogP contribution in [0.2, 0.25) is 0 Å². The molecule has 0 aromatic heterocycles. The average molecular weight is 210 g/mol. The van der Waals surface area contributed by atoms with Gasteiger partial charge in [0, 0.05) is 0 Å². The molecule has 0 saturated heterocycles. The van der Waals surface area contributed by atoms with Crippen LogP contribution >= 0.6 is 0 Å². The summed E-state index contributed by atoms with van der Waals surface area (Å²) < 4.78 is 19.0. The van der Waals surface area contributed by atoms with E-state index in [1.54, 1.807) is 18.2 Å². The fourth-order valence-electron chi connectivity index (χ4n) is 1.63. The number of hydrogen-bond acceptors (Lipinski definition) is 1. The predicted octanol–water partition coefficient (Wildman–Crippen LogP) is 4.17. The number of hydrogen-bond donors (Lipinski definition) is 0. The van der Waals surface area contributed by atoms with Gasteiger partial charge in [-0.05, 0) is 25.0 Å². The lowest BCUT2D eigenvalue weighted by atomic mass is 10.1. The van der Waals surface area contributed by atoms with Crippen molar-refractivity contribution in [3.8, 4) is 5.75 Å². The first kappa shape index (κ1) is 12.0. The molecular formula is C13H19FO. The van der Waals surface area contributed by atoms with Crippen molar-refractivity contribution in [1.29, 1.82) is 0 Å². The Morgan fingerprint density at radius 1 is 1.13 bits per heavy atom. The number of rotatable bonds is 6. The van der Waals surface area contributed by atoms with Crippen LogP contribution in [-0.4, -0.2) is 6.10 Å². The summed E-state index contributed by atoms with van der Waals surface area (Å²) in [6, 6.07) is 6.60. The van der Waals surface area contributed by atoms with E-state index in [9.17, 15) is 4.39 Å². The van der Waals surface area contributed by atoms with Gasteiger partial charge < -0.3 is 4.74 Å². The van der Waals surface area contributed by atoms with Gasteiger partial charge in [-0.1, -0.05) is 38.8 Å². The Hall–Kier alpha value is -1.05. The van der Waals surface area contributed by atoms with Gasteiger partial charge in [0.05, 0.1) is 6.10 Å². The molecule has 0 aliphatic carbocycles. The Morgan fingerprint density at radius 2 is 1.73 bits per heavy atom. The van der Waals surface area contributed by atoms with E-state index in [1.165, 1.54) is 6.07 Å². The predicted molar refractivity (Wildman–Crippen MR) is 60.6 cm³/mol. The molecule has 1 aromatic rings. The van der Waals surface area contributed by atoms with Crippen LogP contribution in [0, 0.1) is 5.82 Å². The van der Waals surface area contributed by atoms with Crippen LogP contribution in [-0.2, 0) is 0 Å². The van der Waals surface area contributed by atoms with Crippen molar-refractivity contribution in [1.82, 2.24) is 0 Å². The first-order valence-electron chi connectivity index (χ1n) is 5.69. The summed E-state index contributed by atoms with van der Waals surface area (Å²) in [4.78, 5) is 0. The van der Waals surface area contributed by atoms with Gasteiger partial charge in [-0.25, -0.2) is 4.39 Å². The molecule has 0 aliphatic heterocycles. The van der Waals surface area contributed by atoms with E-state index in [-0.39, 0.29) is 11.9 Å². The van der Waals surface area contributed by atoms with Gasteiger partial charge >= 0.3 is 0 Å². The molecule has 0 fully saturated rings. The van der Waals surface area contributed by atoms with Crippen LogP contribution in [0.3, 0.4) is 0 Å². The van der Waals surface area contributed by atoms with Crippen LogP contribution < -0.4 is 4.74 Å². The van der Waals surface area contributed by atoms with E-state index in [0.717, 1.165) is 25.7 Å². The quantitative estimate of drug-likeness (QED) is 0.684. The second kappa shape index (κ2) is 6.44. The summed E-state index contributed by atoms with van der Waals surface area (Å²) in [5.41, 5.74) is 0. The zero-order valence-electron chi connectivity index (χ0n) is 9.50. The highest BCUT2D eigenvalue weighted by Crippen LogP contribution is 2.20. The summed E-state index contributed by atoms with van der Waals surface area (Å²) in [7, 11) is 0. The molecule has 84 valence electrons. The highest BCUT2D eigenvalue weighted by atomic mass is 19.1.